The van der Waals surface area contributed by atoms with Crippen LogP contribution in [0, 0.1) is 27.7 Å². The first kappa shape index (κ1) is 32.0. The van der Waals surface area contributed by atoms with Crippen molar-refractivity contribution in [3.8, 4) is 0 Å². The van der Waals surface area contributed by atoms with Crippen LogP contribution < -0.4 is 19.6 Å². The molecule has 10 nitrogen and oxygen atoms in total. The molecule has 0 bridgehead atoms. The lowest BCUT2D eigenvalue weighted by Crippen LogP contribution is -2.52. The quantitative estimate of drug-likeness (QED) is 0.373. The molecule has 7 rings (SSSR count). The van der Waals surface area contributed by atoms with Gasteiger partial charge in [0.25, 0.3) is 11.8 Å². The molecule has 0 spiro atoms. The van der Waals surface area contributed by atoms with Gasteiger partial charge in [-0.25, -0.2) is 9.80 Å². The van der Waals surface area contributed by atoms with Crippen molar-refractivity contribution in [2.45, 2.75) is 52.6 Å². The van der Waals surface area contributed by atoms with Gasteiger partial charge in [0, 0.05) is 63.7 Å². The van der Waals surface area contributed by atoms with Crippen molar-refractivity contribution in [1.82, 2.24) is 9.80 Å². The molecule has 4 saturated heterocycles. The van der Waals surface area contributed by atoms with Crippen LogP contribution in [0.2, 0.25) is 0 Å². The Labute approximate surface area is 282 Å². The minimum absolute atomic E-state index is 0.144. The van der Waals surface area contributed by atoms with E-state index in [1.165, 1.54) is 43.4 Å². The van der Waals surface area contributed by atoms with Gasteiger partial charge >= 0.3 is 0 Å². The van der Waals surface area contributed by atoms with Crippen LogP contribution in [0.1, 0.15) is 35.1 Å². The van der Waals surface area contributed by atoms with Gasteiger partial charge in [0.2, 0.25) is 11.8 Å². The maximum Gasteiger partial charge on any atom is 0.251 e. The summed E-state index contributed by atoms with van der Waals surface area (Å²) in [5.74, 6) is -0.908. The van der Waals surface area contributed by atoms with Crippen LogP contribution in [0.15, 0.2) is 60.7 Å². The second-order valence-electron chi connectivity index (χ2n) is 13.7. The van der Waals surface area contributed by atoms with Crippen LogP contribution in [0.4, 0.5) is 22.7 Å². The van der Waals surface area contributed by atoms with Crippen LogP contribution in [0.5, 0.6) is 0 Å². The summed E-state index contributed by atoms with van der Waals surface area (Å²) < 4.78 is 0. The number of amides is 4. The largest absolute Gasteiger partial charge is 0.369 e. The second kappa shape index (κ2) is 12.8. The lowest BCUT2D eigenvalue weighted by molar-refractivity contribution is -0.124. The van der Waals surface area contributed by atoms with E-state index in [1.807, 2.05) is 0 Å². The average Bonchev–Trinajstić information content (AvgIpc) is 3.56. The average molecular weight is 649 g/mol. The van der Waals surface area contributed by atoms with E-state index in [0.29, 0.717) is 37.6 Å². The molecule has 4 aliphatic rings. The first-order valence-electron chi connectivity index (χ1n) is 17.0. The fourth-order valence-corrected chi connectivity index (χ4v) is 7.76. The summed E-state index contributed by atoms with van der Waals surface area (Å²) in [6.45, 7) is 14.4. The van der Waals surface area contributed by atoms with Crippen molar-refractivity contribution >= 4 is 46.4 Å². The molecular weight excluding hydrogens is 604 g/mol. The standard InChI is InChI=1S/C38H44N6O4/c1-25-5-7-27(3)31(21-25)39-13-17-41(18-14-39)33-23-35(45)43(37(33)47)29-9-11-30(12-10-29)44-36(46)24-34(38(44)48)42-19-15-40(16-20-42)32-22-26(2)6-8-28(32)4/h5-12,21-22,33-34H,13-20,23-24H2,1-4H3/t33-,34-/m0/s1. The van der Waals surface area contributed by atoms with Crippen LogP contribution in [-0.2, 0) is 19.2 Å². The molecule has 4 heterocycles. The van der Waals surface area contributed by atoms with Gasteiger partial charge in [0.15, 0.2) is 0 Å². The maximum atomic E-state index is 13.6. The Balaban J connectivity index is 0.972. The van der Waals surface area contributed by atoms with Crippen molar-refractivity contribution in [3.63, 3.8) is 0 Å². The number of nitrogens with zero attached hydrogens (tertiary/aromatic N) is 6. The fourth-order valence-electron chi connectivity index (χ4n) is 7.76. The second-order valence-corrected chi connectivity index (χ2v) is 13.7. The Morgan fingerprint density at radius 1 is 0.479 bits per heavy atom. The van der Waals surface area contributed by atoms with E-state index in [1.54, 1.807) is 24.3 Å². The monoisotopic (exact) mass is 648 g/mol. The van der Waals surface area contributed by atoms with Crippen molar-refractivity contribution in [2.75, 3.05) is 72.0 Å². The smallest absolute Gasteiger partial charge is 0.251 e. The number of piperazine rings is 2. The van der Waals surface area contributed by atoms with E-state index in [9.17, 15) is 19.2 Å². The summed E-state index contributed by atoms with van der Waals surface area (Å²) in [5, 5.41) is 0. The van der Waals surface area contributed by atoms with Gasteiger partial charge in [-0.15, -0.1) is 0 Å². The number of hydrogen-bond donors (Lipinski definition) is 0. The first-order valence-corrected chi connectivity index (χ1v) is 17.0. The molecule has 0 aromatic heterocycles. The Morgan fingerprint density at radius 2 is 0.833 bits per heavy atom. The van der Waals surface area contributed by atoms with E-state index in [2.05, 4.69) is 83.7 Å². The normalized spacial score (nSPS) is 22.8. The molecule has 4 fully saturated rings. The van der Waals surface area contributed by atoms with Gasteiger partial charge in [-0.05, 0) is 86.3 Å². The third-order valence-electron chi connectivity index (χ3n) is 10.5. The first-order chi connectivity index (χ1) is 23.1. The molecule has 48 heavy (non-hydrogen) atoms. The zero-order chi connectivity index (χ0) is 33.7. The van der Waals surface area contributed by atoms with E-state index < -0.39 is 12.1 Å². The molecular formula is C38H44N6O4. The molecule has 0 aliphatic carbocycles. The molecule has 4 amide bonds. The molecule has 0 radical (unpaired) electrons. The summed E-state index contributed by atoms with van der Waals surface area (Å²) >= 11 is 0. The van der Waals surface area contributed by atoms with Gasteiger partial charge < -0.3 is 9.80 Å². The number of aryl methyl sites for hydroxylation is 4. The number of carbonyl (C=O) groups is 4. The van der Waals surface area contributed by atoms with Gasteiger partial charge in [0.05, 0.1) is 36.3 Å². The molecule has 10 heteroatoms. The highest BCUT2D eigenvalue weighted by molar-refractivity contribution is 6.24. The minimum atomic E-state index is -0.490. The number of rotatable bonds is 6. The third kappa shape index (κ3) is 5.88. The zero-order valence-corrected chi connectivity index (χ0v) is 28.3. The van der Waals surface area contributed by atoms with Crippen LogP contribution in [-0.4, -0.2) is 97.9 Å². The highest BCUT2D eigenvalue weighted by Crippen LogP contribution is 2.32. The summed E-state index contributed by atoms with van der Waals surface area (Å²) in [6, 6.07) is 18.6. The summed E-state index contributed by atoms with van der Waals surface area (Å²) in [7, 11) is 0. The summed E-state index contributed by atoms with van der Waals surface area (Å²) in [4.78, 5) is 65.0. The molecule has 2 atom stereocenters. The predicted octanol–water partition coefficient (Wildman–Crippen LogP) is 3.83. The number of anilines is 4. The molecule has 4 aliphatic heterocycles. The summed E-state index contributed by atoms with van der Waals surface area (Å²) in [5.41, 5.74) is 8.27. The van der Waals surface area contributed by atoms with Crippen LogP contribution in [0.25, 0.3) is 0 Å². The lowest BCUT2D eigenvalue weighted by Gasteiger charge is -2.38. The van der Waals surface area contributed by atoms with Crippen molar-refractivity contribution < 1.29 is 19.2 Å². The Morgan fingerprint density at radius 3 is 1.19 bits per heavy atom. The van der Waals surface area contributed by atoms with Gasteiger partial charge in [-0.2, -0.15) is 0 Å². The van der Waals surface area contributed by atoms with Crippen LogP contribution >= 0.6 is 0 Å². The van der Waals surface area contributed by atoms with Crippen molar-refractivity contribution in [1.29, 1.82) is 0 Å². The molecule has 3 aromatic rings. The van der Waals surface area contributed by atoms with Crippen molar-refractivity contribution in [3.05, 3.63) is 82.9 Å². The molecule has 0 saturated carbocycles. The molecule has 0 N–H and O–H groups in total. The van der Waals surface area contributed by atoms with E-state index in [-0.39, 0.29) is 36.5 Å². The highest BCUT2D eigenvalue weighted by Gasteiger charge is 2.45. The third-order valence-corrected chi connectivity index (χ3v) is 10.5. The summed E-state index contributed by atoms with van der Waals surface area (Å²) in [6.07, 6.45) is 0.289. The Hall–Kier alpha value is -4.54. The molecule has 250 valence electrons. The molecule has 0 unspecified atom stereocenters. The van der Waals surface area contributed by atoms with E-state index in [0.717, 1.165) is 26.2 Å². The lowest BCUT2D eigenvalue weighted by atomic mass is 10.1. The maximum absolute atomic E-state index is 13.6. The molecule has 3 aromatic carbocycles. The Bertz CT molecular complexity index is 1630. The Kier molecular flexibility index (Phi) is 8.55. The minimum Gasteiger partial charge on any atom is -0.369 e. The SMILES string of the molecule is Cc1ccc(C)c(N2CCN([C@H]3CC(=O)N(c4ccc(N5C(=O)C[C@H](N6CCN(c7cc(C)ccc7C)CC6)C5=O)cc4)C3=O)CC2)c1. The van der Waals surface area contributed by atoms with Gasteiger partial charge in [-0.1, -0.05) is 24.3 Å². The zero-order valence-electron chi connectivity index (χ0n) is 28.3. The van der Waals surface area contributed by atoms with Crippen LogP contribution in [0.3, 0.4) is 0 Å². The van der Waals surface area contributed by atoms with E-state index >= 15 is 0 Å². The topological polar surface area (TPSA) is 87.7 Å². The highest BCUT2D eigenvalue weighted by atomic mass is 16.2. The number of carbonyl (C=O) groups excluding carboxylic acids is 4. The van der Waals surface area contributed by atoms with Gasteiger partial charge in [-0.3, -0.25) is 29.0 Å². The predicted molar refractivity (Wildman–Crippen MR) is 188 cm³/mol. The number of benzene rings is 3. The number of hydrogen-bond acceptors (Lipinski definition) is 8. The van der Waals surface area contributed by atoms with Gasteiger partial charge in [0.1, 0.15) is 0 Å². The van der Waals surface area contributed by atoms with E-state index in [4.69, 9.17) is 0 Å². The number of imide groups is 2. The fraction of sp³-hybridized carbons (Fsp3) is 0.421. The van der Waals surface area contributed by atoms with Crippen molar-refractivity contribution in [2.24, 2.45) is 0 Å².